The molecule has 0 aromatic carbocycles. The van der Waals surface area contributed by atoms with E-state index in [1.54, 1.807) is 0 Å². The van der Waals surface area contributed by atoms with E-state index >= 15 is 0 Å². The lowest BCUT2D eigenvalue weighted by Gasteiger charge is -2.19. The predicted molar refractivity (Wildman–Crippen MR) is 51.3 cm³/mol. The van der Waals surface area contributed by atoms with Crippen LogP contribution in [0.15, 0.2) is 11.0 Å². The number of carbonyl (C=O) groups is 1. The average molecular weight is 212 g/mol. The summed E-state index contributed by atoms with van der Waals surface area (Å²) in [4.78, 5) is 27.8. The molecule has 0 radical (unpaired) electrons. The Bertz CT molecular complexity index is 429. The second kappa shape index (κ2) is 3.45. The van der Waals surface area contributed by atoms with Crippen LogP contribution in [-0.2, 0) is 17.0 Å². The maximum absolute atomic E-state index is 10.9. The van der Waals surface area contributed by atoms with Gasteiger partial charge in [0.1, 0.15) is 5.25 Å². The number of aromatic amines is 1. The van der Waals surface area contributed by atoms with Gasteiger partial charge in [0.2, 0.25) is 0 Å². The highest BCUT2D eigenvalue weighted by atomic mass is 32.2. The number of aromatic nitrogens is 2. The Kier molecular flexibility index (Phi) is 2.28. The third-order valence-corrected chi connectivity index (χ3v) is 3.32. The molecule has 2 N–H and O–H groups in total. The zero-order valence-electron chi connectivity index (χ0n) is 7.19. The zero-order valence-corrected chi connectivity index (χ0v) is 8.00. The van der Waals surface area contributed by atoms with Crippen LogP contribution in [0.3, 0.4) is 0 Å². The van der Waals surface area contributed by atoms with E-state index < -0.39 is 11.2 Å². The van der Waals surface area contributed by atoms with Gasteiger partial charge in [-0.15, -0.1) is 11.8 Å². The van der Waals surface area contributed by atoms with E-state index in [0.29, 0.717) is 12.2 Å². The summed E-state index contributed by atoms with van der Waals surface area (Å²) in [6, 6.07) is 0. The molecule has 74 valence electrons. The quantitative estimate of drug-likeness (QED) is 0.685. The van der Waals surface area contributed by atoms with Crippen LogP contribution in [0.1, 0.15) is 11.3 Å². The summed E-state index contributed by atoms with van der Waals surface area (Å²) in [5.74, 6) is -0.281. The molecule has 0 fully saturated rings. The molecule has 2 heterocycles. The van der Waals surface area contributed by atoms with E-state index in [2.05, 4.69) is 9.97 Å². The van der Waals surface area contributed by atoms with Crippen molar-refractivity contribution in [3.63, 3.8) is 0 Å². The SMILES string of the molecule is O=C(O)C1Cc2cnc(=O)[nH]c2CS1. The summed E-state index contributed by atoms with van der Waals surface area (Å²) in [6.07, 6.45) is 1.89. The Morgan fingerprint density at radius 3 is 3.21 bits per heavy atom. The molecular formula is C8H8N2O3S. The van der Waals surface area contributed by atoms with Crippen LogP contribution in [0.4, 0.5) is 0 Å². The summed E-state index contributed by atoms with van der Waals surface area (Å²) in [7, 11) is 0. The van der Waals surface area contributed by atoms with Crippen LogP contribution in [0, 0.1) is 0 Å². The number of hydrogen-bond acceptors (Lipinski definition) is 4. The molecule has 6 heteroatoms. The smallest absolute Gasteiger partial charge is 0.345 e. The van der Waals surface area contributed by atoms with Gasteiger partial charge in [0.25, 0.3) is 0 Å². The minimum absolute atomic E-state index is 0.377. The number of nitrogens with zero attached hydrogens (tertiary/aromatic N) is 1. The first-order chi connectivity index (χ1) is 6.66. The van der Waals surface area contributed by atoms with Gasteiger partial charge in [0.05, 0.1) is 0 Å². The summed E-state index contributed by atoms with van der Waals surface area (Å²) in [5, 5.41) is 8.38. The normalized spacial score (nSPS) is 20.1. The fourth-order valence-corrected chi connectivity index (χ4v) is 2.43. The fourth-order valence-electron chi connectivity index (χ4n) is 1.36. The number of rotatable bonds is 1. The lowest BCUT2D eigenvalue weighted by Crippen LogP contribution is -2.26. The van der Waals surface area contributed by atoms with Gasteiger partial charge < -0.3 is 10.1 Å². The third kappa shape index (κ3) is 1.65. The highest BCUT2D eigenvalue weighted by Crippen LogP contribution is 2.27. The van der Waals surface area contributed by atoms with Gasteiger partial charge in [-0.1, -0.05) is 0 Å². The minimum atomic E-state index is -0.813. The van der Waals surface area contributed by atoms with Crippen LogP contribution in [-0.4, -0.2) is 26.3 Å². The predicted octanol–water partition coefficient (Wildman–Crippen LogP) is 0.0124. The Hall–Kier alpha value is -1.30. The molecule has 0 spiro atoms. The van der Waals surface area contributed by atoms with Crippen LogP contribution >= 0.6 is 11.8 Å². The number of H-pyrrole nitrogens is 1. The molecule has 1 aromatic heterocycles. The Morgan fingerprint density at radius 2 is 2.50 bits per heavy atom. The summed E-state index contributed by atoms with van der Waals surface area (Å²) >= 11 is 1.33. The van der Waals surface area contributed by atoms with E-state index in [0.717, 1.165) is 11.3 Å². The van der Waals surface area contributed by atoms with Crippen molar-refractivity contribution in [2.45, 2.75) is 17.4 Å². The van der Waals surface area contributed by atoms with Crippen LogP contribution in [0.2, 0.25) is 0 Å². The third-order valence-electron chi connectivity index (χ3n) is 2.09. The molecule has 1 atom stereocenters. The molecule has 1 aromatic rings. The van der Waals surface area contributed by atoms with Crippen molar-refractivity contribution in [2.24, 2.45) is 0 Å². The van der Waals surface area contributed by atoms with Gasteiger partial charge in [0.15, 0.2) is 0 Å². The van der Waals surface area contributed by atoms with E-state index in [9.17, 15) is 9.59 Å². The van der Waals surface area contributed by atoms with Gasteiger partial charge in [-0.25, -0.2) is 9.78 Å². The number of hydrogen-bond donors (Lipinski definition) is 2. The van der Waals surface area contributed by atoms with E-state index in [-0.39, 0.29) is 5.69 Å². The first-order valence-corrected chi connectivity index (χ1v) is 5.13. The topological polar surface area (TPSA) is 83.0 Å². The standard InChI is InChI=1S/C8H8N2O3S/c11-7(12)6-1-4-2-9-8(13)10-5(4)3-14-6/h2,6H,1,3H2,(H,11,12)(H,9,10,13). The van der Waals surface area contributed by atoms with Crippen LogP contribution in [0.25, 0.3) is 0 Å². The molecule has 5 nitrogen and oxygen atoms in total. The fraction of sp³-hybridized carbons (Fsp3) is 0.375. The number of carboxylic acid groups (broad SMARTS) is 1. The summed E-state index contributed by atoms with van der Waals surface area (Å²) in [6.45, 7) is 0. The van der Waals surface area contributed by atoms with Gasteiger partial charge >= 0.3 is 11.7 Å². The lowest BCUT2D eigenvalue weighted by molar-refractivity contribution is -0.136. The Morgan fingerprint density at radius 1 is 1.71 bits per heavy atom. The van der Waals surface area contributed by atoms with E-state index in [4.69, 9.17) is 5.11 Å². The second-order valence-electron chi connectivity index (χ2n) is 3.03. The molecule has 2 rings (SSSR count). The second-order valence-corrected chi connectivity index (χ2v) is 4.23. The molecule has 1 unspecified atom stereocenters. The van der Waals surface area contributed by atoms with Crippen molar-refractivity contribution in [2.75, 3.05) is 0 Å². The molecule has 14 heavy (non-hydrogen) atoms. The first kappa shape index (κ1) is 9.26. The minimum Gasteiger partial charge on any atom is -0.480 e. The van der Waals surface area contributed by atoms with Crippen molar-refractivity contribution in [1.29, 1.82) is 0 Å². The average Bonchev–Trinajstić information content (AvgIpc) is 2.16. The zero-order chi connectivity index (χ0) is 10.1. The highest BCUT2D eigenvalue weighted by molar-refractivity contribution is 7.99. The molecule has 0 amide bonds. The van der Waals surface area contributed by atoms with Gasteiger partial charge in [0, 0.05) is 17.6 Å². The van der Waals surface area contributed by atoms with Gasteiger partial charge in [-0.3, -0.25) is 4.79 Å². The number of nitrogens with one attached hydrogen (secondary N) is 1. The largest absolute Gasteiger partial charge is 0.480 e. The monoisotopic (exact) mass is 212 g/mol. The molecular weight excluding hydrogens is 204 g/mol. The number of fused-ring (bicyclic) bond motifs is 1. The molecule has 0 saturated carbocycles. The lowest BCUT2D eigenvalue weighted by atomic mass is 10.1. The van der Waals surface area contributed by atoms with Gasteiger partial charge in [-0.05, 0) is 12.0 Å². The number of carboxylic acids is 1. The van der Waals surface area contributed by atoms with Crippen molar-refractivity contribution < 1.29 is 9.90 Å². The van der Waals surface area contributed by atoms with E-state index in [1.165, 1.54) is 18.0 Å². The van der Waals surface area contributed by atoms with E-state index in [1.807, 2.05) is 0 Å². The summed E-state index contributed by atoms with van der Waals surface area (Å²) < 4.78 is 0. The van der Waals surface area contributed by atoms with Gasteiger partial charge in [-0.2, -0.15) is 0 Å². The molecule has 1 aliphatic rings. The molecule has 0 bridgehead atoms. The first-order valence-electron chi connectivity index (χ1n) is 4.08. The number of aliphatic carboxylic acids is 1. The highest BCUT2D eigenvalue weighted by Gasteiger charge is 2.25. The van der Waals surface area contributed by atoms with Crippen molar-refractivity contribution in [3.8, 4) is 0 Å². The molecule has 1 aliphatic heterocycles. The Balaban J connectivity index is 2.31. The number of thioether (sulfide) groups is 1. The maximum Gasteiger partial charge on any atom is 0.345 e. The van der Waals surface area contributed by atoms with Crippen molar-refractivity contribution in [1.82, 2.24) is 9.97 Å². The van der Waals surface area contributed by atoms with Crippen molar-refractivity contribution >= 4 is 17.7 Å². The Labute approximate surface area is 83.6 Å². The van der Waals surface area contributed by atoms with Crippen molar-refractivity contribution in [3.05, 3.63) is 27.9 Å². The molecule has 0 saturated heterocycles. The summed E-state index contributed by atoms with van der Waals surface area (Å²) in [5.41, 5.74) is 1.25. The van der Waals surface area contributed by atoms with Crippen LogP contribution < -0.4 is 5.69 Å². The maximum atomic E-state index is 10.9. The van der Waals surface area contributed by atoms with Crippen LogP contribution in [0.5, 0.6) is 0 Å². The molecule has 0 aliphatic carbocycles.